The summed E-state index contributed by atoms with van der Waals surface area (Å²) in [6.07, 6.45) is 0. The molecule has 0 aliphatic heterocycles. The van der Waals surface area contributed by atoms with Gasteiger partial charge in [0.2, 0.25) is 0 Å². The molecule has 0 aromatic heterocycles. The first-order valence-corrected chi connectivity index (χ1v) is 6.00. The number of rotatable bonds is 2. The van der Waals surface area contributed by atoms with E-state index in [0.717, 1.165) is 5.56 Å². The lowest BCUT2D eigenvalue weighted by atomic mass is 10.2. The van der Waals surface area contributed by atoms with E-state index in [1.165, 1.54) is 6.07 Å². The molecule has 0 saturated carbocycles. The van der Waals surface area contributed by atoms with E-state index in [1.54, 1.807) is 24.3 Å². The average molecular weight is 285 g/mol. The molecule has 0 radical (unpaired) electrons. The van der Waals surface area contributed by atoms with Crippen LogP contribution >= 0.6 is 23.2 Å². The summed E-state index contributed by atoms with van der Waals surface area (Å²) in [5.74, 6) is -0.442. The van der Waals surface area contributed by atoms with Crippen LogP contribution in [0.5, 0.6) is 0 Å². The average Bonchev–Trinajstić information content (AvgIpc) is 2.29. The molecular formula is C13H11Cl2FN2. The molecule has 0 atom stereocenters. The third kappa shape index (κ3) is 2.68. The van der Waals surface area contributed by atoms with Crippen LogP contribution in [-0.4, -0.2) is 0 Å². The number of nitrogen functional groups attached to an aromatic ring is 1. The predicted molar refractivity (Wildman–Crippen MR) is 75.3 cm³/mol. The number of benzene rings is 2. The van der Waals surface area contributed by atoms with Crippen LogP contribution in [0.1, 0.15) is 5.56 Å². The molecule has 2 aromatic rings. The fourth-order valence-electron chi connectivity index (χ4n) is 1.52. The second kappa shape index (κ2) is 5.04. The number of hydrogen-bond donors (Lipinski definition) is 2. The molecule has 0 fully saturated rings. The van der Waals surface area contributed by atoms with Crippen molar-refractivity contribution in [1.29, 1.82) is 0 Å². The summed E-state index contributed by atoms with van der Waals surface area (Å²) in [6.45, 7) is 1.85. The van der Waals surface area contributed by atoms with Crippen molar-refractivity contribution in [3.05, 3.63) is 51.8 Å². The van der Waals surface area contributed by atoms with Gasteiger partial charge in [0.25, 0.3) is 0 Å². The molecule has 0 unspecified atom stereocenters. The van der Waals surface area contributed by atoms with Gasteiger partial charge in [0.1, 0.15) is 5.82 Å². The number of nitrogens with one attached hydrogen (secondary N) is 1. The third-order valence-electron chi connectivity index (χ3n) is 2.51. The molecule has 94 valence electrons. The molecule has 18 heavy (non-hydrogen) atoms. The Morgan fingerprint density at radius 2 is 1.78 bits per heavy atom. The van der Waals surface area contributed by atoms with Crippen LogP contribution in [0.15, 0.2) is 30.3 Å². The van der Waals surface area contributed by atoms with Crippen LogP contribution in [0, 0.1) is 12.7 Å². The molecule has 0 saturated heterocycles. The van der Waals surface area contributed by atoms with Crippen LogP contribution in [0.3, 0.4) is 0 Å². The van der Waals surface area contributed by atoms with E-state index >= 15 is 0 Å². The molecule has 2 rings (SSSR count). The summed E-state index contributed by atoms with van der Waals surface area (Å²) in [4.78, 5) is 0. The van der Waals surface area contributed by atoms with E-state index in [1.807, 2.05) is 6.92 Å². The molecule has 0 aliphatic rings. The van der Waals surface area contributed by atoms with Gasteiger partial charge in [0, 0.05) is 10.7 Å². The monoisotopic (exact) mass is 284 g/mol. The lowest BCUT2D eigenvalue weighted by Gasteiger charge is -2.11. The largest absolute Gasteiger partial charge is 0.399 e. The summed E-state index contributed by atoms with van der Waals surface area (Å²) in [5, 5.41) is 3.94. The van der Waals surface area contributed by atoms with E-state index < -0.39 is 5.82 Å². The van der Waals surface area contributed by atoms with Gasteiger partial charge in [0.15, 0.2) is 0 Å². The molecule has 2 aromatic carbocycles. The Morgan fingerprint density at radius 1 is 1.06 bits per heavy atom. The van der Waals surface area contributed by atoms with E-state index in [0.29, 0.717) is 27.1 Å². The molecule has 3 N–H and O–H groups in total. The van der Waals surface area contributed by atoms with Gasteiger partial charge in [0.05, 0.1) is 16.4 Å². The minimum absolute atomic E-state index is 0.297. The molecule has 0 heterocycles. The zero-order chi connectivity index (χ0) is 13.3. The standard InChI is InChI=1S/C13H11Cl2FN2/c1-7-4-10(15)13(6-9(7)14)18-12-3-2-8(17)5-11(12)16/h2-6,18H,17H2,1H3. The van der Waals surface area contributed by atoms with Gasteiger partial charge in [-0.3, -0.25) is 0 Å². The second-order valence-corrected chi connectivity index (χ2v) is 4.76. The highest BCUT2D eigenvalue weighted by atomic mass is 35.5. The van der Waals surface area contributed by atoms with E-state index in [4.69, 9.17) is 28.9 Å². The molecule has 5 heteroatoms. The van der Waals surface area contributed by atoms with Crippen LogP contribution in [0.4, 0.5) is 21.5 Å². The molecule has 0 bridgehead atoms. The topological polar surface area (TPSA) is 38.0 Å². The number of aryl methyl sites for hydroxylation is 1. The summed E-state index contributed by atoms with van der Waals surface area (Å²) < 4.78 is 13.6. The Kier molecular flexibility index (Phi) is 3.64. The number of nitrogens with two attached hydrogens (primary N) is 1. The minimum Gasteiger partial charge on any atom is -0.399 e. The van der Waals surface area contributed by atoms with Crippen LogP contribution in [0.2, 0.25) is 10.0 Å². The van der Waals surface area contributed by atoms with Crippen molar-refractivity contribution >= 4 is 40.3 Å². The maximum absolute atomic E-state index is 13.6. The fraction of sp³-hybridized carbons (Fsp3) is 0.0769. The third-order valence-corrected chi connectivity index (χ3v) is 3.23. The SMILES string of the molecule is Cc1cc(Cl)c(Nc2ccc(N)cc2F)cc1Cl. The van der Waals surface area contributed by atoms with Gasteiger partial charge in [-0.25, -0.2) is 4.39 Å². The molecule has 0 spiro atoms. The van der Waals surface area contributed by atoms with E-state index in [2.05, 4.69) is 5.32 Å². The number of anilines is 3. The maximum atomic E-state index is 13.6. The lowest BCUT2D eigenvalue weighted by Crippen LogP contribution is -1.96. The van der Waals surface area contributed by atoms with Crippen molar-refractivity contribution < 1.29 is 4.39 Å². The highest BCUT2D eigenvalue weighted by Crippen LogP contribution is 2.32. The normalized spacial score (nSPS) is 10.4. The highest BCUT2D eigenvalue weighted by molar-refractivity contribution is 6.35. The van der Waals surface area contributed by atoms with Crippen LogP contribution in [-0.2, 0) is 0 Å². The van der Waals surface area contributed by atoms with Gasteiger partial charge in [-0.2, -0.15) is 0 Å². The number of hydrogen-bond acceptors (Lipinski definition) is 2. The smallest absolute Gasteiger partial charge is 0.148 e. The summed E-state index contributed by atoms with van der Waals surface area (Å²) >= 11 is 12.1. The molecule has 0 aliphatic carbocycles. The Labute approximate surface area is 115 Å². The predicted octanol–water partition coefficient (Wildman–Crippen LogP) is 4.77. The summed E-state index contributed by atoms with van der Waals surface area (Å²) in [7, 11) is 0. The Morgan fingerprint density at radius 3 is 2.44 bits per heavy atom. The second-order valence-electron chi connectivity index (χ2n) is 3.95. The summed E-state index contributed by atoms with van der Waals surface area (Å²) in [6, 6.07) is 7.78. The first-order valence-electron chi connectivity index (χ1n) is 5.25. The van der Waals surface area contributed by atoms with Gasteiger partial charge in [-0.15, -0.1) is 0 Å². The highest BCUT2D eigenvalue weighted by Gasteiger charge is 2.08. The first kappa shape index (κ1) is 13.0. The molecule has 0 amide bonds. The lowest BCUT2D eigenvalue weighted by molar-refractivity contribution is 0.632. The summed E-state index contributed by atoms with van der Waals surface area (Å²) in [5.41, 5.74) is 7.56. The molecular weight excluding hydrogens is 274 g/mol. The van der Waals surface area contributed by atoms with Crippen LogP contribution in [0.25, 0.3) is 0 Å². The van der Waals surface area contributed by atoms with Crippen molar-refractivity contribution in [3.63, 3.8) is 0 Å². The Hall–Kier alpha value is -1.45. The van der Waals surface area contributed by atoms with Gasteiger partial charge in [-0.05, 0) is 42.8 Å². The zero-order valence-electron chi connectivity index (χ0n) is 9.60. The maximum Gasteiger partial charge on any atom is 0.148 e. The van der Waals surface area contributed by atoms with Gasteiger partial charge < -0.3 is 11.1 Å². The van der Waals surface area contributed by atoms with Crippen molar-refractivity contribution in [2.24, 2.45) is 0 Å². The van der Waals surface area contributed by atoms with Crippen LogP contribution < -0.4 is 11.1 Å². The minimum atomic E-state index is -0.442. The van der Waals surface area contributed by atoms with Crippen molar-refractivity contribution in [2.75, 3.05) is 11.1 Å². The fourth-order valence-corrected chi connectivity index (χ4v) is 1.95. The Balaban J connectivity index is 2.37. The first-order chi connectivity index (χ1) is 8.47. The molecule has 2 nitrogen and oxygen atoms in total. The zero-order valence-corrected chi connectivity index (χ0v) is 11.1. The number of halogens is 3. The van der Waals surface area contributed by atoms with E-state index in [9.17, 15) is 4.39 Å². The van der Waals surface area contributed by atoms with Crippen molar-refractivity contribution in [2.45, 2.75) is 6.92 Å². The van der Waals surface area contributed by atoms with Gasteiger partial charge in [-0.1, -0.05) is 23.2 Å². The Bertz CT molecular complexity index is 600. The van der Waals surface area contributed by atoms with Gasteiger partial charge >= 0.3 is 0 Å². The van der Waals surface area contributed by atoms with E-state index in [-0.39, 0.29) is 0 Å². The quantitative estimate of drug-likeness (QED) is 0.780. The van der Waals surface area contributed by atoms with Crippen molar-refractivity contribution in [1.82, 2.24) is 0 Å². The van der Waals surface area contributed by atoms with Crippen molar-refractivity contribution in [3.8, 4) is 0 Å².